The van der Waals surface area contributed by atoms with Gasteiger partial charge in [-0.1, -0.05) is 46.4 Å². The highest BCUT2D eigenvalue weighted by molar-refractivity contribution is 6.65. The van der Waals surface area contributed by atoms with E-state index in [1.165, 1.54) is 0 Å². The van der Waals surface area contributed by atoms with Crippen LogP contribution in [0.4, 0.5) is 0 Å². The molecule has 0 spiro atoms. The van der Waals surface area contributed by atoms with Gasteiger partial charge in [0.2, 0.25) is 0 Å². The van der Waals surface area contributed by atoms with Crippen LogP contribution in [0.15, 0.2) is 10.1 Å². The molecule has 3 saturated carbocycles. The smallest absolute Gasteiger partial charge is 0.166 e. The predicted octanol–water partition coefficient (Wildman–Crippen LogP) is 4.48. The molecule has 4 aliphatic carbocycles. The normalized spacial score (nSPS) is 66.6. The Morgan fingerprint density at radius 2 is 1.26 bits per heavy atom. The van der Waals surface area contributed by atoms with E-state index < -0.39 is 14.1 Å². The second-order valence-corrected chi connectivity index (χ2v) is 9.58. The van der Waals surface area contributed by atoms with E-state index >= 15 is 0 Å². The van der Waals surface area contributed by atoms with Crippen LogP contribution in [-0.2, 0) is 4.74 Å². The lowest BCUT2D eigenvalue weighted by Gasteiger charge is -2.38. The van der Waals surface area contributed by atoms with Gasteiger partial charge in [0.25, 0.3) is 0 Å². The Labute approximate surface area is 140 Å². The van der Waals surface area contributed by atoms with Crippen LogP contribution >= 0.6 is 69.6 Å². The molecule has 0 aromatic rings. The molecule has 104 valence electrons. The molecule has 0 N–H and O–H groups in total. The summed E-state index contributed by atoms with van der Waals surface area (Å²) in [7, 11) is 0. The second kappa shape index (κ2) is 3.20. The van der Waals surface area contributed by atoms with Crippen LogP contribution in [-0.4, -0.2) is 26.3 Å². The molecule has 19 heavy (non-hydrogen) atoms. The van der Waals surface area contributed by atoms with Gasteiger partial charge in [0.05, 0.1) is 22.3 Å². The van der Waals surface area contributed by atoms with E-state index in [9.17, 15) is 0 Å². The van der Waals surface area contributed by atoms with E-state index in [0.29, 0.717) is 21.9 Å². The molecule has 0 radical (unpaired) electrons. The van der Waals surface area contributed by atoms with Gasteiger partial charge in [0, 0.05) is 0 Å². The summed E-state index contributed by atoms with van der Waals surface area (Å²) in [5.74, 6) is 0.776. The number of rotatable bonds is 0. The van der Waals surface area contributed by atoms with Crippen LogP contribution < -0.4 is 0 Å². The Balaban J connectivity index is 1.80. The van der Waals surface area contributed by atoms with Crippen molar-refractivity contribution in [2.45, 2.75) is 32.7 Å². The third-order valence-electron chi connectivity index (χ3n) is 5.92. The molecule has 4 fully saturated rings. The maximum atomic E-state index is 6.82. The average Bonchev–Trinajstić information content (AvgIpc) is 2.91. The van der Waals surface area contributed by atoms with Crippen LogP contribution in [0.2, 0.25) is 0 Å². The first-order valence-corrected chi connectivity index (χ1v) is 8.52. The third-order valence-corrected chi connectivity index (χ3v) is 10.2. The molecule has 0 aromatic heterocycles. The Kier molecular flexibility index (Phi) is 2.18. The molecule has 1 nitrogen and oxygen atoms in total. The topological polar surface area (TPSA) is 12.5 Å². The fourth-order valence-corrected chi connectivity index (χ4v) is 8.43. The minimum Gasteiger partial charge on any atom is -0.369 e. The molecule has 0 aromatic carbocycles. The molecule has 1 saturated heterocycles. The summed E-state index contributed by atoms with van der Waals surface area (Å²) in [5.41, 5.74) is 0. The molecule has 8 atom stereocenters. The molecule has 0 amide bonds. The summed E-state index contributed by atoms with van der Waals surface area (Å²) in [6.07, 6.45) is 1.63. The quantitative estimate of drug-likeness (QED) is 0.343. The molecule has 1 heterocycles. The summed E-state index contributed by atoms with van der Waals surface area (Å²) < 4.78 is 4.35. The van der Waals surface area contributed by atoms with Gasteiger partial charge < -0.3 is 4.74 Å². The number of epoxide rings is 1. The van der Waals surface area contributed by atoms with Crippen molar-refractivity contribution in [2.75, 3.05) is 0 Å². The van der Waals surface area contributed by atoms with E-state index in [4.69, 9.17) is 74.3 Å². The van der Waals surface area contributed by atoms with Crippen molar-refractivity contribution in [2.24, 2.45) is 23.7 Å². The van der Waals surface area contributed by atoms with Gasteiger partial charge in [-0.3, -0.25) is 0 Å². The largest absolute Gasteiger partial charge is 0.369 e. The SMILES string of the molecule is ClC1=C(Cl)[C@@]2(Cl)[C@@H]3[C@H]4C[C@H]([C@H]5O[C@H]45)[C@H]3[C@@]1(Cl)C2(Cl)Cl. The van der Waals surface area contributed by atoms with Crippen molar-refractivity contribution in [1.29, 1.82) is 0 Å². The van der Waals surface area contributed by atoms with Gasteiger partial charge >= 0.3 is 0 Å². The Morgan fingerprint density at radius 3 is 1.68 bits per heavy atom. The fourth-order valence-electron chi connectivity index (χ4n) is 5.30. The fraction of sp³-hybridized carbons (Fsp3) is 0.833. The van der Waals surface area contributed by atoms with Crippen molar-refractivity contribution in [3.05, 3.63) is 10.1 Å². The van der Waals surface area contributed by atoms with Gasteiger partial charge in [0.15, 0.2) is 4.33 Å². The highest BCUT2D eigenvalue weighted by atomic mass is 35.5. The number of alkyl halides is 4. The van der Waals surface area contributed by atoms with Gasteiger partial charge in [0.1, 0.15) is 9.75 Å². The zero-order chi connectivity index (χ0) is 13.5. The molecule has 4 bridgehead atoms. The van der Waals surface area contributed by atoms with Crippen molar-refractivity contribution in [3.8, 4) is 0 Å². The van der Waals surface area contributed by atoms with E-state index in [2.05, 4.69) is 0 Å². The van der Waals surface area contributed by atoms with Crippen molar-refractivity contribution < 1.29 is 4.74 Å². The summed E-state index contributed by atoms with van der Waals surface area (Å²) in [5, 5.41) is 0.642. The Bertz CT molecular complexity index is 516. The first-order chi connectivity index (χ1) is 8.78. The van der Waals surface area contributed by atoms with Crippen LogP contribution in [0.3, 0.4) is 0 Å². The second-order valence-electron chi connectivity index (χ2n) is 6.31. The van der Waals surface area contributed by atoms with Gasteiger partial charge in [-0.15, -0.1) is 23.2 Å². The van der Waals surface area contributed by atoms with Crippen LogP contribution in [0.5, 0.6) is 0 Å². The lowest BCUT2D eigenvalue weighted by Crippen LogP contribution is -2.46. The minimum absolute atomic E-state index is 0.0467. The lowest BCUT2D eigenvalue weighted by atomic mass is 9.73. The first kappa shape index (κ1) is 12.9. The van der Waals surface area contributed by atoms with Crippen LogP contribution in [0, 0.1) is 23.7 Å². The monoisotopic (exact) mass is 378 g/mol. The highest BCUT2D eigenvalue weighted by Gasteiger charge is 2.89. The first-order valence-electron chi connectivity index (χ1n) is 6.25. The minimum atomic E-state index is -1.37. The molecular weight excluding hydrogens is 373 g/mol. The zero-order valence-electron chi connectivity index (χ0n) is 9.35. The van der Waals surface area contributed by atoms with Crippen molar-refractivity contribution in [3.63, 3.8) is 0 Å². The number of allylic oxidation sites excluding steroid dienone is 2. The lowest BCUT2D eigenvalue weighted by molar-refractivity contribution is 0.237. The molecule has 5 rings (SSSR count). The van der Waals surface area contributed by atoms with E-state index in [1.807, 2.05) is 0 Å². The van der Waals surface area contributed by atoms with Gasteiger partial charge in [-0.2, -0.15) is 0 Å². The molecule has 0 unspecified atom stereocenters. The van der Waals surface area contributed by atoms with E-state index in [-0.39, 0.29) is 24.0 Å². The third kappa shape index (κ3) is 0.986. The number of hydrogen-bond donors (Lipinski definition) is 0. The van der Waals surface area contributed by atoms with Crippen LogP contribution in [0.25, 0.3) is 0 Å². The number of hydrogen-bond acceptors (Lipinski definition) is 1. The van der Waals surface area contributed by atoms with Crippen LogP contribution in [0.1, 0.15) is 6.42 Å². The maximum absolute atomic E-state index is 6.82. The van der Waals surface area contributed by atoms with Gasteiger partial charge in [-0.25, -0.2) is 0 Å². The molecule has 5 aliphatic rings. The van der Waals surface area contributed by atoms with E-state index in [0.717, 1.165) is 6.42 Å². The maximum Gasteiger partial charge on any atom is 0.166 e. The number of ether oxygens (including phenoxy) is 1. The molecule has 1 aliphatic heterocycles. The van der Waals surface area contributed by atoms with Crippen molar-refractivity contribution in [1.82, 2.24) is 0 Å². The number of halogens is 6. The standard InChI is InChI=1S/C12H8Cl6O/c13-8-9(14)11(16)5-3-1-2(6-7(3)19-6)4(5)10(8,15)12(11,17)18/h2-7H,1H2/t2-,3+,4-,5-,6-,7-,10+,11+/m1/s1. The summed E-state index contributed by atoms with van der Waals surface area (Å²) in [6, 6.07) is 0. The molecule has 7 heteroatoms. The summed E-state index contributed by atoms with van der Waals surface area (Å²) in [4.78, 5) is -2.17. The zero-order valence-corrected chi connectivity index (χ0v) is 13.9. The molecular formula is C12H8Cl6O. The highest BCUT2D eigenvalue weighted by Crippen LogP contribution is 2.84. The van der Waals surface area contributed by atoms with Crippen molar-refractivity contribution >= 4 is 69.6 Å². The summed E-state index contributed by atoms with van der Waals surface area (Å²) >= 11 is 39.5. The predicted molar refractivity (Wildman–Crippen MR) is 77.6 cm³/mol. The van der Waals surface area contributed by atoms with E-state index in [1.54, 1.807) is 0 Å². The van der Waals surface area contributed by atoms with Gasteiger partial charge in [-0.05, 0) is 30.1 Å². The number of fused-ring (bicyclic) bond motifs is 12. The Morgan fingerprint density at radius 1 is 0.842 bits per heavy atom. The Hall–Kier alpha value is 1.44. The average molecular weight is 381 g/mol. The summed E-state index contributed by atoms with van der Waals surface area (Å²) in [6.45, 7) is 0.